The Bertz CT molecular complexity index is 1370. The number of rotatable bonds is 7. The number of nitrogens with zero attached hydrogens (tertiary/aromatic N) is 2. The number of nitrogens with one attached hydrogen (secondary N) is 2. The van der Waals surface area contributed by atoms with Crippen LogP contribution in [0.15, 0.2) is 91.5 Å². The Balaban J connectivity index is 0.000000747. The molecular formula is C29H29N5O3. The molecule has 5 rings (SSSR count). The molecule has 2 heterocycles. The number of allylic oxidation sites excluding steroid dienone is 1. The summed E-state index contributed by atoms with van der Waals surface area (Å²) in [6.07, 6.45) is 2.68. The first-order valence-electron chi connectivity index (χ1n) is 11.9. The summed E-state index contributed by atoms with van der Waals surface area (Å²) in [5.74, 6) is 1.61. The number of ether oxygens (including phenoxy) is 1. The van der Waals surface area contributed by atoms with E-state index in [1.165, 1.54) is 6.08 Å². The Kier molecular flexibility index (Phi) is 8.00. The van der Waals surface area contributed by atoms with Crippen LogP contribution in [-0.4, -0.2) is 35.6 Å². The number of primary amides is 1. The van der Waals surface area contributed by atoms with Gasteiger partial charge in [0.2, 0.25) is 0 Å². The predicted octanol–water partition coefficient (Wildman–Crippen LogP) is 5.26. The van der Waals surface area contributed by atoms with Crippen molar-refractivity contribution < 1.29 is 14.3 Å². The largest absolute Gasteiger partial charge is 0.457 e. The average molecular weight is 496 g/mol. The molecule has 0 aliphatic carbocycles. The van der Waals surface area contributed by atoms with Crippen LogP contribution in [0.25, 0.3) is 11.3 Å². The molecular weight excluding hydrogens is 466 g/mol. The first-order valence-corrected chi connectivity index (χ1v) is 11.9. The molecule has 1 aromatic heterocycles. The number of hydrogen-bond acceptors (Lipinski definition) is 6. The molecule has 0 saturated heterocycles. The third-order valence-corrected chi connectivity index (χ3v) is 5.95. The highest BCUT2D eigenvalue weighted by atomic mass is 16.5. The maximum absolute atomic E-state index is 12.5. The number of benzene rings is 3. The Morgan fingerprint density at radius 3 is 2.38 bits per heavy atom. The second-order valence-electron chi connectivity index (χ2n) is 8.26. The van der Waals surface area contributed by atoms with Crippen LogP contribution >= 0.6 is 0 Å². The molecule has 0 saturated carbocycles. The Hall–Kier alpha value is -4.85. The van der Waals surface area contributed by atoms with Crippen LogP contribution in [0.3, 0.4) is 0 Å². The smallest absolute Gasteiger partial charge is 0.254 e. The number of anilines is 2. The highest BCUT2D eigenvalue weighted by Crippen LogP contribution is 2.39. The molecule has 4 aromatic rings. The van der Waals surface area contributed by atoms with E-state index in [0.29, 0.717) is 29.1 Å². The van der Waals surface area contributed by atoms with Gasteiger partial charge in [0.1, 0.15) is 34.9 Å². The van der Waals surface area contributed by atoms with Crippen molar-refractivity contribution in [2.45, 2.75) is 12.5 Å². The van der Waals surface area contributed by atoms with Gasteiger partial charge < -0.3 is 21.1 Å². The zero-order chi connectivity index (χ0) is 26.2. The van der Waals surface area contributed by atoms with E-state index in [2.05, 4.69) is 23.3 Å². The van der Waals surface area contributed by atoms with E-state index in [4.69, 9.17) is 20.4 Å². The van der Waals surface area contributed by atoms with Crippen LogP contribution in [0.1, 0.15) is 28.4 Å². The van der Waals surface area contributed by atoms with E-state index in [-0.39, 0.29) is 6.04 Å². The zero-order valence-electron chi connectivity index (χ0n) is 20.6. The van der Waals surface area contributed by atoms with Gasteiger partial charge in [0.05, 0.1) is 6.04 Å². The third-order valence-electron chi connectivity index (χ3n) is 5.95. The van der Waals surface area contributed by atoms with Crippen LogP contribution in [-0.2, 0) is 4.79 Å². The van der Waals surface area contributed by atoms with Gasteiger partial charge in [-0.15, -0.1) is 0 Å². The lowest BCUT2D eigenvalue weighted by Crippen LogP contribution is -2.26. The standard InChI is InChI=1S/C26H25N5O2.C3H4O/c1-28-21-10-6-5-9-20(21)22-15-16-29-26-23(25(27)32)24(30-31(22)26)17-11-13-19(14-12-17)33-18-7-3-2-4-8-18;1-2-3-4/h2-14,22,28-29H,15-16H2,1H3,(H2,27,32);2-3H,1H2. The van der Waals surface area contributed by atoms with Crippen LogP contribution in [0.4, 0.5) is 11.5 Å². The number of fused-ring (bicyclic) bond motifs is 1. The normalized spacial score (nSPS) is 13.7. The SMILES string of the molecule is C=CC=O.CNc1ccccc1C1CCNc2c(C(N)=O)c(-c3ccc(Oc4ccccc4)cc3)nn21. The molecule has 0 bridgehead atoms. The van der Waals surface area contributed by atoms with E-state index in [9.17, 15) is 4.79 Å². The molecule has 4 N–H and O–H groups in total. The predicted molar refractivity (Wildman–Crippen MR) is 146 cm³/mol. The summed E-state index contributed by atoms with van der Waals surface area (Å²) < 4.78 is 7.78. The van der Waals surface area contributed by atoms with Crippen molar-refractivity contribution in [2.24, 2.45) is 5.73 Å². The van der Waals surface area contributed by atoms with Gasteiger partial charge in [0.15, 0.2) is 0 Å². The number of aromatic nitrogens is 2. The molecule has 1 aliphatic rings. The van der Waals surface area contributed by atoms with Crippen molar-refractivity contribution in [1.29, 1.82) is 0 Å². The average Bonchev–Trinajstić information content (AvgIpc) is 3.34. The molecule has 37 heavy (non-hydrogen) atoms. The van der Waals surface area contributed by atoms with Gasteiger partial charge >= 0.3 is 0 Å². The molecule has 1 aliphatic heterocycles. The Morgan fingerprint density at radius 2 is 1.73 bits per heavy atom. The molecule has 1 unspecified atom stereocenters. The minimum Gasteiger partial charge on any atom is -0.457 e. The van der Waals surface area contributed by atoms with Crippen molar-refractivity contribution in [3.05, 3.63) is 103 Å². The van der Waals surface area contributed by atoms with Crippen LogP contribution in [0, 0.1) is 0 Å². The van der Waals surface area contributed by atoms with Gasteiger partial charge in [-0.3, -0.25) is 9.59 Å². The van der Waals surface area contributed by atoms with Crippen LogP contribution in [0.2, 0.25) is 0 Å². The molecule has 8 nitrogen and oxygen atoms in total. The fourth-order valence-corrected chi connectivity index (χ4v) is 4.32. The van der Waals surface area contributed by atoms with Crippen LogP contribution < -0.4 is 21.1 Å². The van der Waals surface area contributed by atoms with Crippen molar-refractivity contribution in [1.82, 2.24) is 9.78 Å². The quantitative estimate of drug-likeness (QED) is 0.238. The minimum absolute atomic E-state index is 0.0163. The lowest BCUT2D eigenvalue weighted by molar-refractivity contribution is -0.104. The summed E-state index contributed by atoms with van der Waals surface area (Å²) in [5, 5.41) is 11.5. The maximum Gasteiger partial charge on any atom is 0.254 e. The summed E-state index contributed by atoms with van der Waals surface area (Å²) in [4.78, 5) is 21.5. The number of para-hydroxylation sites is 2. The number of hydrogen-bond donors (Lipinski definition) is 3. The third kappa shape index (κ3) is 5.54. The van der Waals surface area contributed by atoms with E-state index in [1.807, 2.05) is 84.5 Å². The highest BCUT2D eigenvalue weighted by molar-refractivity contribution is 6.04. The van der Waals surface area contributed by atoms with E-state index >= 15 is 0 Å². The minimum atomic E-state index is -0.508. The number of carbonyl (C=O) groups excluding carboxylic acids is 2. The second kappa shape index (κ2) is 11.7. The van der Waals surface area contributed by atoms with Crippen molar-refractivity contribution in [2.75, 3.05) is 24.2 Å². The summed E-state index contributed by atoms with van der Waals surface area (Å²) >= 11 is 0. The highest BCUT2D eigenvalue weighted by Gasteiger charge is 2.31. The van der Waals surface area contributed by atoms with Crippen molar-refractivity contribution in [3.63, 3.8) is 0 Å². The molecule has 0 fully saturated rings. The topological polar surface area (TPSA) is 111 Å². The molecule has 1 atom stereocenters. The van der Waals surface area contributed by atoms with Crippen LogP contribution in [0.5, 0.6) is 11.5 Å². The molecule has 0 spiro atoms. The number of amides is 1. The fourth-order valence-electron chi connectivity index (χ4n) is 4.32. The van der Waals surface area contributed by atoms with Gasteiger partial charge in [-0.05, 0) is 60.5 Å². The summed E-state index contributed by atoms with van der Waals surface area (Å²) in [5.41, 5.74) is 9.75. The fraction of sp³-hybridized carbons (Fsp3) is 0.138. The van der Waals surface area contributed by atoms with Gasteiger partial charge in [-0.1, -0.05) is 43.0 Å². The van der Waals surface area contributed by atoms with E-state index in [0.717, 1.165) is 35.5 Å². The molecule has 1 amide bonds. The number of aldehydes is 1. The number of carbonyl (C=O) groups is 2. The first kappa shape index (κ1) is 25.2. The van der Waals surface area contributed by atoms with Gasteiger partial charge in [0.25, 0.3) is 5.91 Å². The monoisotopic (exact) mass is 495 g/mol. The maximum atomic E-state index is 12.5. The van der Waals surface area contributed by atoms with Gasteiger partial charge in [0, 0.05) is 24.8 Å². The lowest BCUT2D eigenvalue weighted by Gasteiger charge is -2.27. The molecule has 8 heteroatoms. The van der Waals surface area contributed by atoms with E-state index in [1.54, 1.807) is 0 Å². The van der Waals surface area contributed by atoms with Gasteiger partial charge in [-0.25, -0.2) is 4.68 Å². The summed E-state index contributed by atoms with van der Waals surface area (Å²) in [6, 6.07) is 25.3. The van der Waals surface area contributed by atoms with Crippen molar-refractivity contribution >= 4 is 23.7 Å². The number of nitrogens with two attached hydrogens (primary N) is 1. The van der Waals surface area contributed by atoms with Gasteiger partial charge in [-0.2, -0.15) is 5.10 Å². The molecule has 188 valence electrons. The van der Waals surface area contributed by atoms with E-state index < -0.39 is 5.91 Å². The molecule has 3 aromatic carbocycles. The molecule has 0 radical (unpaired) electrons. The summed E-state index contributed by atoms with van der Waals surface area (Å²) in [7, 11) is 1.91. The summed E-state index contributed by atoms with van der Waals surface area (Å²) in [6.45, 7) is 3.83. The Labute approximate surface area is 215 Å². The first-order chi connectivity index (χ1) is 18.1. The second-order valence-corrected chi connectivity index (χ2v) is 8.26. The Morgan fingerprint density at radius 1 is 1.08 bits per heavy atom. The lowest BCUT2D eigenvalue weighted by atomic mass is 10.00. The van der Waals surface area contributed by atoms with Crippen molar-refractivity contribution in [3.8, 4) is 22.8 Å². The zero-order valence-corrected chi connectivity index (χ0v) is 20.6.